The van der Waals surface area contributed by atoms with Crippen LogP contribution in [0.2, 0.25) is 0 Å². The first-order valence-corrected chi connectivity index (χ1v) is 18.5. The molecule has 4 rings (SSSR count). The fourth-order valence-corrected chi connectivity index (χ4v) is 7.75. The van der Waals surface area contributed by atoms with E-state index in [1.165, 1.54) is 0 Å². The molecule has 6 nitrogen and oxygen atoms in total. The second kappa shape index (κ2) is 17.7. The van der Waals surface area contributed by atoms with Crippen LogP contribution in [-0.4, -0.2) is 43.0 Å². The summed E-state index contributed by atoms with van der Waals surface area (Å²) in [4.78, 5) is 40.6. The number of benzene rings is 4. The number of rotatable bonds is 10. The summed E-state index contributed by atoms with van der Waals surface area (Å²) in [6.07, 6.45) is 1.98. The number of aliphatic hydroxyl groups is 2. The molecule has 0 fully saturated rings. The molecular formula is C35H50O6P2. The average molecular weight is 629 g/mol. The Morgan fingerprint density at radius 1 is 0.488 bits per heavy atom. The van der Waals surface area contributed by atoms with E-state index in [2.05, 4.69) is 27.7 Å². The van der Waals surface area contributed by atoms with Crippen LogP contribution in [0, 0.1) is 17.3 Å². The molecule has 0 aromatic heterocycles. The first kappa shape index (κ1) is 36.7. The van der Waals surface area contributed by atoms with Crippen molar-refractivity contribution in [1.82, 2.24) is 0 Å². The maximum atomic E-state index is 10.2. The van der Waals surface area contributed by atoms with Crippen LogP contribution in [0.15, 0.2) is 121 Å². The molecule has 6 N–H and O–H groups in total. The summed E-state index contributed by atoms with van der Waals surface area (Å²) in [5.41, 5.74) is -0.274. The third kappa shape index (κ3) is 10.9. The minimum absolute atomic E-state index is 0.0912. The molecule has 236 valence electrons. The van der Waals surface area contributed by atoms with Crippen LogP contribution in [0.5, 0.6) is 0 Å². The van der Waals surface area contributed by atoms with Crippen LogP contribution in [0.25, 0.3) is 0 Å². The molecule has 0 spiro atoms. The molecular weight excluding hydrogens is 578 g/mol. The van der Waals surface area contributed by atoms with E-state index in [-0.39, 0.29) is 18.6 Å². The quantitative estimate of drug-likeness (QED) is 0.144. The molecule has 0 saturated heterocycles. The van der Waals surface area contributed by atoms with Gasteiger partial charge in [0.25, 0.3) is 0 Å². The van der Waals surface area contributed by atoms with E-state index < -0.39 is 15.4 Å². The molecule has 0 unspecified atom stereocenters. The first-order chi connectivity index (χ1) is 20.4. The van der Waals surface area contributed by atoms with Crippen LogP contribution >= 0.6 is 15.4 Å². The van der Waals surface area contributed by atoms with Gasteiger partial charge in [-0.3, -0.25) is 0 Å². The Hall–Kier alpha value is -2.50. The van der Waals surface area contributed by atoms with Gasteiger partial charge in [0.1, 0.15) is 0 Å². The summed E-state index contributed by atoms with van der Waals surface area (Å²) >= 11 is 0. The number of hydrogen-bond donors (Lipinski definition) is 6. The number of aliphatic hydroxyl groups excluding tert-OH is 2. The van der Waals surface area contributed by atoms with E-state index in [1.807, 2.05) is 72.8 Å². The van der Waals surface area contributed by atoms with Gasteiger partial charge in [0, 0.05) is 5.41 Å². The average Bonchev–Trinajstić information content (AvgIpc) is 3.04. The van der Waals surface area contributed by atoms with E-state index in [4.69, 9.17) is 0 Å². The van der Waals surface area contributed by atoms with Gasteiger partial charge in [-0.05, 0) is 18.3 Å². The van der Waals surface area contributed by atoms with Gasteiger partial charge < -0.3 is 10.2 Å². The predicted octanol–water partition coefficient (Wildman–Crippen LogP) is 4.45. The topological polar surface area (TPSA) is 121 Å². The Kier molecular flexibility index (Phi) is 15.1. The summed E-state index contributed by atoms with van der Waals surface area (Å²) in [7, 11) is -6.91. The van der Waals surface area contributed by atoms with E-state index in [0.717, 1.165) is 12.8 Å². The van der Waals surface area contributed by atoms with E-state index in [1.54, 1.807) is 48.5 Å². The minimum atomic E-state index is -3.46. The van der Waals surface area contributed by atoms with Crippen LogP contribution in [0.1, 0.15) is 40.5 Å². The monoisotopic (exact) mass is 628 g/mol. The van der Waals surface area contributed by atoms with Gasteiger partial charge in [0.2, 0.25) is 0 Å². The van der Waals surface area contributed by atoms with Gasteiger partial charge in [-0.1, -0.05) is 34.1 Å². The number of hydrogen-bond acceptors (Lipinski definition) is 6. The molecule has 4 aromatic carbocycles. The van der Waals surface area contributed by atoms with E-state index in [0.29, 0.717) is 33.1 Å². The molecule has 0 aliphatic rings. The molecule has 0 aliphatic carbocycles. The Bertz CT molecular complexity index is 1110. The molecule has 0 aliphatic heterocycles. The second-order valence-electron chi connectivity index (χ2n) is 11.6. The molecule has 0 radical (unpaired) electrons. The SMILES string of the molecule is CC(C)CCC(CO)(CO)C(C)C.O[PH](O)(c1ccccc1)c1ccccc1.O[PH](O)(c1ccccc1)c1ccccc1. The summed E-state index contributed by atoms with van der Waals surface area (Å²) in [6, 6.07) is 35.9. The summed E-state index contributed by atoms with van der Waals surface area (Å²) in [5, 5.41) is 21.0. The Morgan fingerprint density at radius 3 is 0.930 bits per heavy atom. The molecule has 43 heavy (non-hydrogen) atoms. The zero-order valence-corrected chi connectivity index (χ0v) is 27.7. The van der Waals surface area contributed by atoms with Crippen molar-refractivity contribution in [1.29, 1.82) is 0 Å². The molecule has 0 saturated carbocycles. The van der Waals surface area contributed by atoms with Gasteiger partial charge in [0.15, 0.2) is 0 Å². The first-order valence-electron chi connectivity index (χ1n) is 14.7. The molecule has 0 atom stereocenters. The predicted molar refractivity (Wildman–Crippen MR) is 185 cm³/mol. The maximum absolute atomic E-state index is 10.2. The molecule has 8 heteroatoms. The van der Waals surface area contributed by atoms with Crippen molar-refractivity contribution in [3.05, 3.63) is 121 Å². The molecule has 0 bridgehead atoms. The van der Waals surface area contributed by atoms with Crippen LogP contribution in [0.4, 0.5) is 0 Å². The third-order valence-corrected chi connectivity index (χ3v) is 12.3. The van der Waals surface area contributed by atoms with Crippen molar-refractivity contribution in [2.75, 3.05) is 13.2 Å². The Morgan fingerprint density at radius 2 is 0.744 bits per heavy atom. The van der Waals surface area contributed by atoms with Crippen LogP contribution in [0.3, 0.4) is 0 Å². The van der Waals surface area contributed by atoms with E-state index >= 15 is 0 Å². The zero-order valence-electron chi connectivity index (χ0n) is 25.7. The standard InChI is InChI=1S/2C12H13O2P.C11H24O2/c2*13-15(14,11-7-3-1-4-8-11)12-9-5-2-6-10-12;1-9(2)5-6-11(7-12,8-13)10(3)4/h2*1-10,13-15H;9-10,12-13H,5-8H2,1-4H3. The molecule has 0 heterocycles. The molecule has 4 aromatic rings. The van der Waals surface area contributed by atoms with Gasteiger partial charge in [-0.25, -0.2) is 0 Å². The van der Waals surface area contributed by atoms with Gasteiger partial charge in [0.05, 0.1) is 13.2 Å². The fourth-order valence-electron chi connectivity index (χ4n) is 4.45. The van der Waals surface area contributed by atoms with Crippen molar-refractivity contribution in [2.24, 2.45) is 17.3 Å². The Balaban J connectivity index is 0.000000226. The fraction of sp³-hybridized carbons (Fsp3) is 0.314. The van der Waals surface area contributed by atoms with Gasteiger partial charge >= 0.3 is 178 Å². The van der Waals surface area contributed by atoms with Crippen LogP contribution < -0.4 is 21.2 Å². The van der Waals surface area contributed by atoms with Crippen molar-refractivity contribution in [2.45, 2.75) is 40.5 Å². The summed E-state index contributed by atoms with van der Waals surface area (Å²) < 4.78 is 0. The normalized spacial score (nSPS) is 12.6. The second-order valence-corrected chi connectivity index (χ2v) is 16.6. The third-order valence-electron chi connectivity index (χ3n) is 7.78. The van der Waals surface area contributed by atoms with Gasteiger partial charge in [-0.15, -0.1) is 0 Å². The van der Waals surface area contributed by atoms with Gasteiger partial charge in [-0.2, -0.15) is 0 Å². The molecule has 0 amide bonds. The summed E-state index contributed by atoms with van der Waals surface area (Å²) in [6.45, 7) is 8.64. The zero-order chi connectivity index (χ0) is 31.9. The summed E-state index contributed by atoms with van der Waals surface area (Å²) in [5.74, 6) is 0.970. The van der Waals surface area contributed by atoms with Crippen molar-refractivity contribution < 1.29 is 29.8 Å². The van der Waals surface area contributed by atoms with Crippen molar-refractivity contribution >= 4 is 36.7 Å². The van der Waals surface area contributed by atoms with Crippen LogP contribution in [-0.2, 0) is 0 Å². The van der Waals surface area contributed by atoms with Crippen molar-refractivity contribution in [3.63, 3.8) is 0 Å². The Labute approximate surface area is 258 Å². The van der Waals surface area contributed by atoms with E-state index in [9.17, 15) is 29.8 Å². The van der Waals surface area contributed by atoms with Crippen molar-refractivity contribution in [3.8, 4) is 0 Å².